The largest absolute Gasteiger partial charge is 0.342 e. The van der Waals surface area contributed by atoms with Crippen LogP contribution in [0.1, 0.15) is 31.1 Å². The van der Waals surface area contributed by atoms with E-state index in [9.17, 15) is 4.79 Å². The van der Waals surface area contributed by atoms with Gasteiger partial charge >= 0.3 is 0 Å². The van der Waals surface area contributed by atoms with Crippen molar-refractivity contribution in [3.8, 4) is 0 Å². The predicted molar refractivity (Wildman–Crippen MR) is 91.5 cm³/mol. The van der Waals surface area contributed by atoms with Crippen LogP contribution in [-0.4, -0.2) is 16.6 Å². The average molecular weight is 326 g/mol. The molecule has 0 amide bonds. The highest BCUT2D eigenvalue weighted by molar-refractivity contribution is 6.31. The lowest BCUT2D eigenvalue weighted by molar-refractivity contribution is -0.113. The Morgan fingerprint density at radius 3 is 2.57 bits per heavy atom. The summed E-state index contributed by atoms with van der Waals surface area (Å²) in [5.74, 6) is 0.613. The third-order valence-corrected chi connectivity index (χ3v) is 4.07. The Hall–Kier alpha value is -2.46. The van der Waals surface area contributed by atoms with Crippen molar-refractivity contribution in [2.24, 2.45) is 4.99 Å². The second-order valence-corrected chi connectivity index (χ2v) is 5.74. The number of allylic oxidation sites excluding steroid dienone is 1. The van der Waals surface area contributed by atoms with E-state index < -0.39 is 6.04 Å². The number of aliphatic imine (C=N–C) groups is 1. The van der Waals surface area contributed by atoms with Crippen LogP contribution >= 0.6 is 11.6 Å². The number of carbonyl (C=O) groups is 1. The van der Waals surface area contributed by atoms with E-state index in [-0.39, 0.29) is 5.78 Å². The van der Waals surface area contributed by atoms with E-state index in [1.165, 1.54) is 0 Å². The number of carbonyl (C=O) groups excluding carboxylic acids is 1. The first-order valence-corrected chi connectivity index (χ1v) is 7.68. The van der Waals surface area contributed by atoms with Crippen molar-refractivity contribution in [2.45, 2.75) is 19.9 Å². The minimum Gasteiger partial charge on any atom is -0.342 e. The van der Waals surface area contributed by atoms with Gasteiger partial charge in [0.1, 0.15) is 11.7 Å². The Balaban J connectivity index is 2.14. The fourth-order valence-electron chi connectivity index (χ4n) is 2.69. The zero-order valence-electron chi connectivity index (χ0n) is 12.9. The van der Waals surface area contributed by atoms with Crippen molar-refractivity contribution in [3.05, 3.63) is 76.2 Å². The van der Waals surface area contributed by atoms with Crippen LogP contribution in [0.5, 0.6) is 0 Å². The standard InChI is InChI=1S/C18H16ClN3O/c1-11-16(12(2)23)17(13-7-3-4-8-14(13)19)22-18(21-11)15-9-5-6-10-20-15/h3-10,17H,1-2H3,(H,21,22). The first kappa shape index (κ1) is 15.4. The van der Waals surface area contributed by atoms with Gasteiger partial charge in [-0.25, -0.2) is 0 Å². The number of hydrogen-bond acceptors (Lipinski definition) is 4. The number of pyridine rings is 1. The molecule has 0 saturated heterocycles. The van der Waals surface area contributed by atoms with Gasteiger partial charge < -0.3 is 5.32 Å². The Bertz CT molecular complexity index is 812. The minimum atomic E-state index is -0.431. The Kier molecular flexibility index (Phi) is 4.26. The van der Waals surface area contributed by atoms with Gasteiger partial charge in [-0.2, -0.15) is 0 Å². The van der Waals surface area contributed by atoms with Gasteiger partial charge in [0.25, 0.3) is 0 Å². The highest BCUT2D eigenvalue weighted by Gasteiger charge is 2.28. The second-order valence-electron chi connectivity index (χ2n) is 5.34. The summed E-state index contributed by atoms with van der Waals surface area (Å²) in [5.41, 5.74) is 2.94. The van der Waals surface area contributed by atoms with Crippen molar-refractivity contribution >= 4 is 23.2 Å². The van der Waals surface area contributed by atoms with Crippen LogP contribution in [0.25, 0.3) is 0 Å². The summed E-state index contributed by atoms with van der Waals surface area (Å²) in [5, 5.41) is 3.78. The summed E-state index contributed by atoms with van der Waals surface area (Å²) in [6.45, 7) is 3.42. The Morgan fingerprint density at radius 2 is 1.91 bits per heavy atom. The molecular weight excluding hydrogens is 310 g/mol. The van der Waals surface area contributed by atoms with Crippen LogP contribution in [0.3, 0.4) is 0 Å². The van der Waals surface area contributed by atoms with Crippen LogP contribution in [0.4, 0.5) is 0 Å². The molecule has 0 fully saturated rings. The molecule has 0 radical (unpaired) electrons. The molecule has 1 unspecified atom stereocenters. The van der Waals surface area contributed by atoms with E-state index in [1.54, 1.807) is 13.1 Å². The van der Waals surface area contributed by atoms with Crippen LogP contribution in [0.2, 0.25) is 5.02 Å². The fourth-order valence-corrected chi connectivity index (χ4v) is 2.93. The molecule has 1 aliphatic heterocycles. The quantitative estimate of drug-likeness (QED) is 0.936. The van der Waals surface area contributed by atoms with Gasteiger partial charge in [-0.05, 0) is 37.6 Å². The first-order chi connectivity index (χ1) is 11.1. The van der Waals surface area contributed by atoms with Crippen LogP contribution in [0, 0.1) is 0 Å². The van der Waals surface area contributed by atoms with Crippen molar-refractivity contribution in [1.29, 1.82) is 0 Å². The number of aromatic nitrogens is 1. The zero-order valence-corrected chi connectivity index (χ0v) is 13.6. The number of halogens is 1. The van der Waals surface area contributed by atoms with Gasteiger partial charge in [-0.3, -0.25) is 14.8 Å². The van der Waals surface area contributed by atoms with Crippen molar-refractivity contribution in [1.82, 2.24) is 10.3 Å². The number of Topliss-reactive ketones (excluding diaryl/α,β-unsaturated/α-hetero) is 1. The van der Waals surface area contributed by atoms with Gasteiger partial charge in [0.15, 0.2) is 11.6 Å². The lowest BCUT2D eigenvalue weighted by Crippen LogP contribution is -2.32. The van der Waals surface area contributed by atoms with Gasteiger partial charge in [0.05, 0.1) is 0 Å². The van der Waals surface area contributed by atoms with E-state index in [1.807, 2.05) is 49.4 Å². The van der Waals surface area contributed by atoms with Gasteiger partial charge in [0.2, 0.25) is 0 Å². The monoisotopic (exact) mass is 325 g/mol. The van der Waals surface area contributed by atoms with E-state index in [0.717, 1.165) is 17.0 Å². The maximum absolute atomic E-state index is 12.1. The molecule has 23 heavy (non-hydrogen) atoms. The van der Waals surface area contributed by atoms with Gasteiger partial charge in [0, 0.05) is 22.5 Å². The van der Waals surface area contributed by atoms with Crippen LogP contribution < -0.4 is 5.32 Å². The third kappa shape index (κ3) is 3.03. The highest BCUT2D eigenvalue weighted by atomic mass is 35.5. The summed E-state index contributed by atoms with van der Waals surface area (Å²) in [6, 6.07) is 12.7. The smallest absolute Gasteiger partial charge is 0.160 e. The molecule has 0 bridgehead atoms. The van der Waals surface area contributed by atoms with Crippen LogP contribution in [-0.2, 0) is 4.79 Å². The maximum Gasteiger partial charge on any atom is 0.160 e. The molecule has 1 aromatic carbocycles. The number of nitrogens with one attached hydrogen (secondary N) is 1. The Morgan fingerprint density at radius 1 is 1.17 bits per heavy atom. The summed E-state index contributed by atoms with van der Waals surface area (Å²) >= 11 is 6.33. The number of amidine groups is 1. The molecule has 3 rings (SSSR count). The topological polar surface area (TPSA) is 54.4 Å². The minimum absolute atomic E-state index is 0.0243. The molecule has 0 spiro atoms. The number of ketones is 1. The maximum atomic E-state index is 12.1. The number of rotatable bonds is 3. The fraction of sp³-hybridized carbons (Fsp3) is 0.167. The average Bonchev–Trinajstić information content (AvgIpc) is 2.55. The SMILES string of the molecule is CC(=O)C1=C(C)NC(c2ccccn2)=NC1c1ccccc1Cl. The number of benzene rings is 1. The van der Waals surface area contributed by atoms with Crippen molar-refractivity contribution in [2.75, 3.05) is 0 Å². The number of hydrogen-bond donors (Lipinski definition) is 1. The molecule has 0 aliphatic carbocycles. The second kappa shape index (κ2) is 6.34. The molecule has 1 atom stereocenters. The molecule has 2 heterocycles. The molecule has 5 heteroatoms. The molecule has 116 valence electrons. The summed E-state index contributed by atoms with van der Waals surface area (Å²) in [6.07, 6.45) is 1.71. The van der Waals surface area contributed by atoms with E-state index >= 15 is 0 Å². The summed E-state index contributed by atoms with van der Waals surface area (Å²) in [4.78, 5) is 21.2. The molecule has 1 aliphatic rings. The number of nitrogens with zero attached hydrogens (tertiary/aromatic N) is 2. The third-order valence-electron chi connectivity index (χ3n) is 3.73. The molecule has 0 saturated carbocycles. The lowest BCUT2D eigenvalue weighted by Gasteiger charge is -2.26. The zero-order chi connectivity index (χ0) is 16.4. The van der Waals surface area contributed by atoms with Gasteiger partial charge in [-0.1, -0.05) is 35.9 Å². The molecule has 4 nitrogen and oxygen atoms in total. The Labute approximate surface area is 139 Å². The lowest BCUT2D eigenvalue weighted by atomic mass is 9.93. The molecule has 1 aromatic heterocycles. The summed E-state index contributed by atoms with van der Waals surface area (Å²) < 4.78 is 0. The first-order valence-electron chi connectivity index (χ1n) is 7.30. The van der Waals surface area contributed by atoms with Crippen molar-refractivity contribution < 1.29 is 4.79 Å². The van der Waals surface area contributed by atoms with E-state index in [2.05, 4.69) is 10.3 Å². The van der Waals surface area contributed by atoms with Gasteiger partial charge in [-0.15, -0.1) is 0 Å². The van der Waals surface area contributed by atoms with Crippen molar-refractivity contribution in [3.63, 3.8) is 0 Å². The van der Waals surface area contributed by atoms with E-state index in [4.69, 9.17) is 16.6 Å². The normalized spacial score (nSPS) is 17.5. The summed E-state index contributed by atoms with van der Waals surface area (Å²) in [7, 11) is 0. The highest BCUT2D eigenvalue weighted by Crippen LogP contribution is 2.35. The molecule has 2 aromatic rings. The van der Waals surface area contributed by atoms with E-state index in [0.29, 0.717) is 16.4 Å². The molecular formula is C18H16ClN3O. The molecule has 1 N–H and O–H groups in total. The predicted octanol–water partition coefficient (Wildman–Crippen LogP) is 3.69. The van der Waals surface area contributed by atoms with Crippen LogP contribution in [0.15, 0.2) is 64.9 Å².